The minimum absolute atomic E-state index is 0.0189. The van der Waals surface area contributed by atoms with Gasteiger partial charge in [0, 0.05) is 6.26 Å². The maximum atomic E-state index is 11.3. The van der Waals surface area contributed by atoms with Gasteiger partial charge in [0.2, 0.25) is 0 Å². The van der Waals surface area contributed by atoms with Crippen LogP contribution in [0.1, 0.15) is 19.5 Å². The van der Waals surface area contributed by atoms with E-state index in [-0.39, 0.29) is 10.7 Å². The van der Waals surface area contributed by atoms with Gasteiger partial charge in [-0.2, -0.15) is 0 Å². The molecule has 0 aliphatic carbocycles. The Morgan fingerprint density at radius 1 is 1.53 bits per heavy atom. The average Bonchev–Trinajstić information content (AvgIpc) is 2.23. The lowest BCUT2D eigenvalue weighted by molar-refractivity contribution is 0.159. The Morgan fingerprint density at radius 2 is 2.18 bits per heavy atom. The number of anilines is 1. The fraction of sp³-hybridized carbons (Fsp3) is 0.400. The van der Waals surface area contributed by atoms with Crippen molar-refractivity contribution in [1.29, 1.82) is 0 Å². The van der Waals surface area contributed by atoms with Crippen LogP contribution in [0.25, 0.3) is 0 Å². The van der Waals surface area contributed by atoms with Gasteiger partial charge >= 0.3 is 0 Å². The van der Waals surface area contributed by atoms with Crippen molar-refractivity contribution < 1.29 is 13.3 Å². The first kappa shape index (κ1) is 13.4. The van der Waals surface area contributed by atoms with Crippen molar-refractivity contribution in [2.45, 2.75) is 18.7 Å². The maximum absolute atomic E-state index is 11.3. The quantitative estimate of drug-likeness (QED) is 0.636. The molecule has 1 rings (SSSR count). The van der Waals surface area contributed by atoms with E-state index in [0.717, 1.165) is 6.26 Å². The van der Waals surface area contributed by atoms with E-state index in [0.29, 0.717) is 18.0 Å². The highest BCUT2D eigenvalue weighted by molar-refractivity contribution is 7.90. The summed E-state index contributed by atoms with van der Waals surface area (Å²) in [5.74, 6) is -0.0314. The fourth-order valence-corrected chi connectivity index (χ4v) is 1.93. The van der Waals surface area contributed by atoms with Gasteiger partial charge in [0.25, 0.3) is 0 Å². The largest absolute Gasteiger partial charge is 0.396 e. The molecule has 1 aromatic rings. The lowest BCUT2D eigenvalue weighted by atomic mass is 10.2. The van der Waals surface area contributed by atoms with Crippen molar-refractivity contribution in [3.05, 3.63) is 17.8 Å². The van der Waals surface area contributed by atoms with Crippen molar-refractivity contribution in [3.63, 3.8) is 0 Å². The molecular formula is C10H15N3O3S. The fourth-order valence-electron chi connectivity index (χ4n) is 1.19. The van der Waals surface area contributed by atoms with E-state index < -0.39 is 9.84 Å². The Labute approximate surface area is 100 Å². The van der Waals surface area contributed by atoms with Gasteiger partial charge in [0.05, 0.1) is 5.69 Å². The average molecular weight is 257 g/mol. The molecule has 7 heteroatoms. The minimum atomic E-state index is -3.35. The van der Waals surface area contributed by atoms with Crippen LogP contribution in [0.5, 0.6) is 0 Å². The van der Waals surface area contributed by atoms with E-state index in [2.05, 4.69) is 10.1 Å². The van der Waals surface area contributed by atoms with Crippen LogP contribution < -0.4 is 5.73 Å². The van der Waals surface area contributed by atoms with Gasteiger partial charge in [0.15, 0.2) is 9.84 Å². The topological polar surface area (TPSA) is 94.6 Å². The van der Waals surface area contributed by atoms with E-state index in [1.54, 1.807) is 13.0 Å². The molecule has 0 spiro atoms. The highest BCUT2D eigenvalue weighted by atomic mass is 32.2. The summed E-state index contributed by atoms with van der Waals surface area (Å²) in [6.45, 7) is 3.97. The standard InChI is InChI=1S/C10H15N3O3S/c1-4-16-13-7(2)8-5-6-9(10(11)12-8)17(3,14)15/h5-6H,4H2,1-3H3,(H2,11,12). The lowest BCUT2D eigenvalue weighted by Crippen LogP contribution is -2.08. The number of rotatable bonds is 4. The highest BCUT2D eigenvalue weighted by Crippen LogP contribution is 2.16. The Bertz CT molecular complexity index is 538. The van der Waals surface area contributed by atoms with Crippen molar-refractivity contribution in [2.75, 3.05) is 18.6 Å². The number of hydrogen-bond donors (Lipinski definition) is 1. The molecule has 0 fully saturated rings. The molecule has 0 aliphatic rings. The molecule has 0 atom stereocenters. The van der Waals surface area contributed by atoms with Crippen molar-refractivity contribution >= 4 is 21.4 Å². The third-order valence-electron chi connectivity index (χ3n) is 1.99. The summed E-state index contributed by atoms with van der Waals surface area (Å²) in [4.78, 5) is 8.88. The van der Waals surface area contributed by atoms with Gasteiger partial charge in [-0.25, -0.2) is 13.4 Å². The van der Waals surface area contributed by atoms with E-state index >= 15 is 0 Å². The van der Waals surface area contributed by atoms with E-state index in [1.165, 1.54) is 6.07 Å². The predicted octanol–water partition coefficient (Wildman–Crippen LogP) is 0.828. The number of sulfone groups is 1. The van der Waals surface area contributed by atoms with Crippen LogP contribution in [0.15, 0.2) is 22.2 Å². The zero-order valence-corrected chi connectivity index (χ0v) is 10.8. The number of oxime groups is 1. The van der Waals surface area contributed by atoms with Gasteiger partial charge in [-0.05, 0) is 26.0 Å². The number of pyridine rings is 1. The molecule has 1 heterocycles. The number of hydrogen-bond acceptors (Lipinski definition) is 6. The Balaban J connectivity index is 3.14. The molecule has 0 aromatic carbocycles. The molecule has 0 saturated heterocycles. The Morgan fingerprint density at radius 3 is 2.65 bits per heavy atom. The summed E-state index contributed by atoms with van der Waals surface area (Å²) < 4.78 is 22.7. The van der Waals surface area contributed by atoms with Gasteiger partial charge in [-0.1, -0.05) is 5.16 Å². The third kappa shape index (κ3) is 3.42. The van der Waals surface area contributed by atoms with Crippen LogP contribution in [-0.4, -0.2) is 32.0 Å². The second kappa shape index (κ2) is 5.13. The van der Waals surface area contributed by atoms with Crippen LogP contribution in [0, 0.1) is 0 Å². The number of nitrogens with two attached hydrogens (primary N) is 1. The van der Waals surface area contributed by atoms with E-state index in [1.807, 2.05) is 6.92 Å². The normalized spacial score (nSPS) is 12.5. The molecule has 94 valence electrons. The van der Waals surface area contributed by atoms with Crippen LogP contribution >= 0.6 is 0 Å². The molecule has 2 N–H and O–H groups in total. The second-order valence-corrected chi connectivity index (χ2v) is 5.43. The van der Waals surface area contributed by atoms with Gasteiger partial charge in [-0.3, -0.25) is 0 Å². The molecular weight excluding hydrogens is 242 g/mol. The molecule has 0 bridgehead atoms. The minimum Gasteiger partial charge on any atom is -0.396 e. The summed E-state index contributed by atoms with van der Waals surface area (Å²) in [5, 5.41) is 3.79. The maximum Gasteiger partial charge on any atom is 0.179 e. The molecule has 6 nitrogen and oxygen atoms in total. The molecule has 17 heavy (non-hydrogen) atoms. The van der Waals surface area contributed by atoms with Gasteiger partial charge < -0.3 is 10.6 Å². The smallest absolute Gasteiger partial charge is 0.179 e. The first-order valence-electron chi connectivity index (χ1n) is 4.99. The van der Waals surface area contributed by atoms with Crippen LogP contribution in [-0.2, 0) is 14.7 Å². The number of nitrogens with zero attached hydrogens (tertiary/aromatic N) is 2. The number of aromatic nitrogens is 1. The molecule has 0 radical (unpaired) electrons. The second-order valence-electron chi connectivity index (χ2n) is 3.45. The summed E-state index contributed by atoms with van der Waals surface area (Å²) in [6, 6.07) is 2.96. The molecule has 1 aromatic heterocycles. The monoisotopic (exact) mass is 257 g/mol. The first-order valence-corrected chi connectivity index (χ1v) is 6.89. The highest BCUT2D eigenvalue weighted by Gasteiger charge is 2.13. The number of nitrogen functional groups attached to an aromatic ring is 1. The molecule has 0 aliphatic heterocycles. The van der Waals surface area contributed by atoms with E-state index in [4.69, 9.17) is 10.6 Å². The summed E-state index contributed by atoms with van der Waals surface area (Å²) in [5.41, 5.74) is 6.62. The third-order valence-corrected chi connectivity index (χ3v) is 3.13. The molecule has 0 amide bonds. The lowest BCUT2D eigenvalue weighted by Gasteiger charge is -2.05. The van der Waals surface area contributed by atoms with Gasteiger partial charge in [0.1, 0.15) is 23.0 Å². The zero-order chi connectivity index (χ0) is 13.1. The summed E-state index contributed by atoms with van der Waals surface area (Å²) in [6.07, 6.45) is 1.08. The summed E-state index contributed by atoms with van der Waals surface area (Å²) in [7, 11) is -3.35. The SMILES string of the molecule is CCON=C(C)c1ccc(S(C)(=O)=O)c(N)n1. The zero-order valence-electron chi connectivity index (χ0n) is 9.97. The predicted molar refractivity (Wildman–Crippen MR) is 65.6 cm³/mol. The van der Waals surface area contributed by atoms with E-state index in [9.17, 15) is 8.42 Å². The first-order chi connectivity index (χ1) is 7.86. The molecule has 0 unspecified atom stereocenters. The van der Waals surface area contributed by atoms with Crippen molar-refractivity contribution in [1.82, 2.24) is 4.98 Å². The van der Waals surface area contributed by atoms with Crippen LogP contribution in [0.4, 0.5) is 5.82 Å². The van der Waals surface area contributed by atoms with Crippen LogP contribution in [0.3, 0.4) is 0 Å². The van der Waals surface area contributed by atoms with Crippen molar-refractivity contribution in [3.8, 4) is 0 Å². The molecule has 0 saturated carbocycles. The summed E-state index contributed by atoms with van der Waals surface area (Å²) >= 11 is 0. The Hall–Kier alpha value is -1.63. The van der Waals surface area contributed by atoms with Crippen LogP contribution in [0.2, 0.25) is 0 Å². The van der Waals surface area contributed by atoms with Gasteiger partial charge in [-0.15, -0.1) is 0 Å². The Kier molecular flexibility index (Phi) is 4.06. The van der Waals surface area contributed by atoms with Crippen molar-refractivity contribution in [2.24, 2.45) is 5.16 Å².